The highest BCUT2D eigenvalue weighted by atomic mass is 35.5. The highest BCUT2D eigenvalue weighted by Gasteiger charge is 2.46. The predicted molar refractivity (Wildman–Crippen MR) is 144 cm³/mol. The van der Waals surface area contributed by atoms with Crippen molar-refractivity contribution in [2.45, 2.75) is 38.8 Å². The number of Topliss-reactive ketones (excluding diaryl/α,β-unsaturated/α-hetero) is 1. The molecule has 0 bridgehead atoms. The topological polar surface area (TPSA) is 76.1 Å². The van der Waals surface area contributed by atoms with Gasteiger partial charge in [0.15, 0.2) is 0 Å². The lowest BCUT2D eigenvalue weighted by Crippen LogP contribution is -2.29. The third-order valence-electron chi connectivity index (χ3n) is 6.54. The summed E-state index contributed by atoms with van der Waals surface area (Å²) < 4.78 is 10.6. The van der Waals surface area contributed by atoms with Crippen LogP contribution in [0.2, 0.25) is 5.02 Å². The zero-order valence-electron chi connectivity index (χ0n) is 21.5. The number of rotatable bonds is 6. The van der Waals surface area contributed by atoms with Crippen LogP contribution in [0.1, 0.15) is 49.1 Å². The fourth-order valence-corrected chi connectivity index (χ4v) is 4.68. The van der Waals surface area contributed by atoms with E-state index in [0.717, 1.165) is 16.7 Å². The monoisotopic (exact) mass is 519 g/mol. The highest BCUT2D eigenvalue weighted by Crippen LogP contribution is 2.41. The van der Waals surface area contributed by atoms with E-state index in [1.54, 1.807) is 25.3 Å². The molecule has 0 saturated carbocycles. The van der Waals surface area contributed by atoms with Gasteiger partial charge in [-0.25, -0.2) is 0 Å². The van der Waals surface area contributed by atoms with Gasteiger partial charge in [-0.2, -0.15) is 0 Å². The molecule has 1 heterocycles. The van der Waals surface area contributed by atoms with Gasteiger partial charge in [0.2, 0.25) is 0 Å². The minimum atomic E-state index is -0.790. The zero-order chi connectivity index (χ0) is 26.9. The molecule has 1 fully saturated rings. The Kier molecular flexibility index (Phi) is 7.32. The number of ketones is 1. The average molecular weight is 520 g/mol. The zero-order valence-corrected chi connectivity index (χ0v) is 22.3. The molecule has 7 heteroatoms. The van der Waals surface area contributed by atoms with Crippen LogP contribution >= 0.6 is 11.6 Å². The third kappa shape index (κ3) is 5.20. The Bertz CT molecular complexity index is 1370. The van der Waals surface area contributed by atoms with Gasteiger partial charge in [0.05, 0.1) is 30.9 Å². The van der Waals surface area contributed by atoms with Crippen molar-refractivity contribution in [1.82, 2.24) is 4.90 Å². The number of hydrogen-bond acceptors (Lipinski definition) is 5. The highest BCUT2D eigenvalue weighted by molar-refractivity contribution is 6.46. The molecule has 0 radical (unpaired) electrons. The molecule has 1 aliphatic heterocycles. The van der Waals surface area contributed by atoms with Gasteiger partial charge in [0.25, 0.3) is 11.7 Å². The number of benzene rings is 3. The summed E-state index contributed by atoms with van der Waals surface area (Å²) in [6, 6.07) is 19.1. The Balaban J connectivity index is 1.87. The summed E-state index contributed by atoms with van der Waals surface area (Å²) in [6.45, 7) is 6.51. The first-order valence-corrected chi connectivity index (χ1v) is 12.3. The first kappa shape index (κ1) is 26.3. The summed E-state index contributed by atoms with van der Waals surface area (Å²) in [4.78, 5) is 28.2. The molecule has 1 atom stereocenters. The number of nitrogens with zero attached hydrogens (tertiary/aromatic N) is 1. The quantitative estimate of drug-likeness (QED) is 0.236. The number of halogens is 1. The standard InChI is InChI=1S/C30H30ClNO5/c1-30(2,3)21-12-9-19(10-13-21)26-25(27(33)20-11-14-23(31)24(16-20)37-5)28(34)29(35)32(26)17-18-7-6-8-22(15-18)36-4/h6-16,26,33H,17H2,1-5H3/b27-25-. The van der Waals surface area contributed by atoms with Gasteiger partial charge < -0.3 is 19.5 Å². The molecule has 0 spiro atoms. The molecule has 3 aromatic carbocycles. The Hall–Kier alpha value is -3.77. The van der Waals surface area contributed by atoms with Crippen LogP contribution < -0.4 is 9.47 Å². The van der Waals surface area contributed by atoms with Crippen LogP contribution in [-0.4, -0.2) is 35.9 Å². The van der Waals surface area contributed by atoms with Crippen molar-refractivity contribution in [3.63, 3.8) is 0 Å². The van der Waals surface area contributed by atoms with E-state index in [-0.39, 0.29) is 23.3 Å². The smallest absolute Gasteiger partial charge is 0.295 e. The van der Waals surface area contributed by atoms with Gasteiger partial charge in [-0.3, -0.25) is 9.59 Å². The summed E-state index contributed by atoms with van der Waals surface area (Å²) >= 11 is 6.16. The van der Waals surface area contributed by atoms with Crippen LogP contribution in [0, 0.1) is 0 Å². The molecule has 1 N–H and O–H groups in total. The van der Waals surface area contributed by atoms with E-state index in [1.165, 1.54) is 12.0 Å². The average Bonchev–Trinajstić information content (AvgIpc) is 3.13. The lowest BCUT2D eigenvalue weighted by Gasteiger charge is -2.27. The van der Waals surface area contributed by atoms with Crippen molar-refractivity contribution in [2.24, 2.45) is 0 Å². The maximum absolute atomic E-state index is 13.4. The molecular weight excluding hydrogens is 490 g/mol. The van der Waals surface area contributed by atoms with Crippen molar-refractivity contribution in [2.75, 3.05) is 14.2 Å². The molecule has 0 aromatic heterocycles. The fraction of sp³-hybridized carbons (Fsp3) is 0.267. The lowest BCUT2D eigenvalue weighted by molar-refractivity contribution is -0.140. The van der Waals surface area contributed by atoms with Crippen molar-refractivity contribution in [3.8, 4) is 11.5 Å². The van der Waals surface area contributed by atoms with Gasteiger partial charge in [-0.1, -0.05) is 68.8 Å². The Morgan fingerprint density at radius 3 is 2.30 bits per heavy atom. The van der Waals surface area contributed by atoms with E-state index < -0.39 is 17.7 Å². The van der Waals surface area contributed by atoms with Crippen LogP contribution in [0.3, 0.4) is 0 Å². The predicted octanol–water partition coefficient (Wildman–Crippen LogP) is 6.28. The van der Waals surface area contributed by atoms with Gasteiger partial charge in [0, 0.05) is 12.1 Å². The molecule has 4 rings (SSSR count). The van der Waals surface area contributed by atoms with E-state index in [1.807, 2.05) is 48.5 Å². The van der Waals surface area contributed by atoms with Crippen molar-refractivity contribution in [3.05, 3.63) is 99.6 Å². The van der Waals surface area contributed by atoms with Gasteiger partial charge in [-0.05, 0) is 52.4 Å². The number of aliphatic hydroxyl groups excluding tert-OH is 1. The summed E-state index contributed by atoms with van der Waals surface area (Å²) in [5.41, 5.74) is 2.91. The lowest BCUT2D eigenvalue weighted by atomic mass is 9.85. The SMILES string of the molecule is COc1cccc(CN2C(=O)C(=O)/C(=C(\O)c3ccc(Cl)c(OC)c3)C2c2ccc(C(C)(C)C)cc2)c1. The summed E-state index contributed by atoms with van der Waals surface area (Å²) in [5.74, 6) is -0.725. The van der Waals surface area contributed by atoms with Crippen LogP contribution in [-0.2, 0) is 21.5 Å². The Morgan fingerprint density at radius 1 is 0.973 bits per heavy atom. The summed E-state index contributed by atoms with van der Waals surface area (Å²) in [6.07, 6.45) is 0. The van der Waals surface area contributed by atoms with Crippen molar-refractivity contribution < 1.29 is 24.2 Å². The second-order valence-corrected chi connectivity index (χ2v) is 10.4. The van der Waals surface area contributed by atoms with Gasteiger partial charge >= 0.3 is 0 Å². The molecule has 0 aliphatic carbocycles. The number of carbonyl (C=O) groups excluding carboxylic acids is 2. The Labute approximate surface area is 222 Å². The van der Waals surface area contributed by atoms with E-state index in [0.29, 0.717) is 22.1 Å². The second-order valence-electron chi connectivity index (χ2n) is 10.00. The maximum Gasteiger partial charge on any atom is 0.295 e. The van der Waals surface area contributed by atoms with Crippen LogP contribution in [0.4, 0.5) is 0 Å². The number of amides is 1. The number of ether oxygens (including phenoxy) is 2. The summed E-state index contributed by atoms with van der Waals surface area (Å²) in [5, 5.41) is 11.7. The van der Waals surface area contributed by atoms with E-state index in [2.05, 4.69) is 20.8 Å². The van der Waals surface area contributed by atoms with Crippen molar-refractivity contribution >= 4 is 29.1 Å². The third-order valence-corrected chi connectivity index (χ3v) is 6.86. The van der Waals surface area contributed by atoms with Crippen LogP contribution in [0.25, 0.3) is 5.76 Å². The molecular formula is C30H30ClNO5. The molecule has 1 saturated heterocycles. The largest absolute Gasteiger partial charge is 0.507 e. The van der Waals surface area contributed by atoms with E-state index in [9.17, 15) is 14.7 Å². The van der Waals surface area contributed by atoms with Crippen LogP contribution in [0.15, 0.2) is 72.3 Å². The van der Waals surface area contributed by atoms with E-state index >= 15 is 0 Å². The van der Waals surface area contributed by atoms with Gasteiger partial charge in [0.1, 0.15) is 17.3 Å². The minimum Gasteiger partial charge on any atom is -0.507 e. The number of methoxy groups -OCH3 is 2. The Morgan fingerprint density at radius 2 is 1.68 bits per heavy atom. The normalized spacial score (nSPS) is 17.2. The van der Waals surface area contributed by atoms with Crippen molar-refractivity contribution in [1.29, 1.82) is 0 Å². The molecule has 1 amide bonds. The molecule has 1 unspecified atom stereocenters. The number of hydrogen-bond donors (Lipinski definition) is 1. The molecule has 6 nitrogen and oxygen atoms in total. The number of likely N-dealkylation sites (tertiary alicyclic amines) is 1. The molecule has 37 heavy (non-hydrogen) atoms. The summed E-state index contributed by atoms with van der Waals surface area (Å²) in [7, 11) is 3.04. The minimum absolute atomic E-state index is 0.0146. The fourth-order valence-electron chi connectivity index (χ4n) is 4.49. The number of aliphatic hydroxyl groups is 1. The molecule has 192 valence electrons. The number of carbonyl (C=O) groups is 2. The first-order chi connectivity index (χ1) is 17.5. The molecule has 3 aromatic rings. The maximum atomic E-state index is 13.4. The first-order valence-electron chi connectivity index (χ1n) is 11.9. The second kappa shape index (κ2) is 10.3. The van der Waals surface area contributed by atoms with Crippen LogP contribution in [0.5, 0.6) is 11.5 Å². The molecule has 1 aliphatic rings. The van der Waals surface area contributed by atoms with Gasteiger partial charge in [-0.15, -0.1) is 0 Å². The van der Waals surface area contributed by atoms with E-state index in [4.69, 9.17) is 21.1 Å².